The summed E-state index contributed by atoms with van der Waals surface area (Å²) in [7, 11) is 0. The number of carbonyl (C=O) groups excluding carboxylic acids is 1. The molecule has 3 heterocycles. The highest BCUT2D eigenvalue weighted by Gasteiger charge is 2.23. The molecule has 12 nitrogen and oxygen atoms in total. The summed E-state index contributed by atoms with van der Waals surface area (Å²) in [6.07, 6.45) is -0.928. The van der Waals surface area contributed by atoms with Crippen molar-refractivity contribution in [3.63, 3.8) is 0 Å². The molecule has 0 atom stereocenters. The van der Waals surface area contributed by atoms with Gasteiger partial charge in [-0.1, -0.05) is 5.16 Å². The predicted octanol–water partition coefficient (Wildman–Crippen LogP) is -0.309. The Morgan fingerprint density at radius 2 is 2.08 bits per heavy atom. The molecule has 3 rings (SSSR count). The van der Waals surface area contributed by atoms with Gasteiger partial charge in [0, 0.05) is 32.2 Å². The first-order valence-corrected chi connectivity index (χ1v) is 7.70. The van der Waals surface area contributed by atoms with E-state index in [0.29, 0.717) is 37.8 Å². The number of esters is 1. The first-order chi connectivity index (χ1) is 12.1. The summed E-state index contributed by atoms with van der Waals surface area (Å²) >= 11 is 0. The smallest absolute Gasteiger partial charge is 0.407 e. The zero-order chi connectivity index (χ0) is 17.8. The van der Waals surface area contributed by atoms with Gasteiger partial charge in [0.1, 0.15) is 0 Å². The SMILES string of the molecule is CCOC(=O)Cn1nnc(-c2cc(N3CCN(C(=O)O)CC3)no2)n1. The number of ether oxygens (including phenoxy) is 1. The molecule has 0 aromatic carbocycles. The van der Waals surface area contributed by atoms with Crippen LogP contribution < -0.4 is 4.90 Å². The quantitative estimate of drug-likeness (QED) is 0.713. The monoisotopic (exact) mass is 351 g/mol. The number of hydrogen-bond acceptors (Lipinski definition) is 9. The summed E-state index contributed by atoms with van der Waals surface area (Å²) in [5.74, 6) is 0.626. The third-order valence-electron chi connectivity index (χ3n) is 3.62. The van der Waals surface area contributed by atoms with Crippen LogP contribution in [0.1, 0.15) is 6.92 Å². The van der Waals surface area contributed by atoms with Crippen LogP contribution in [0.3, 0.4) is 0 Å². The Bertz CT molecular complexity index is 750. The van der Waals surface area contributed by atoms with E-state index in [2.05, 4.69) is 20.6 Å². The lowest BCUT2D eigenvalue weighted by atomic mass is 10.3. The Labute approximate surface area is 141 Å². The Kier molecular flexibility index (Phi) is 4.77. The van der Waals surface area contributed by atoms with Crippen molar-refractivity contribution in [2.45, 2.75) is 13.5 Å². The fourth-order valence-corrected chi connectivity index (χ4v) is 2.38. The summed E-state index contributed by atoms with van der Waals surface area (Å²) in [6.45, 7) is 3.67. The van der Waals surface area contributed by atoms with E-state index >= 15 is 0 Å². The minimum atomic E-state index is -0.928. The van der Waals surface area contributed by atoms with Crippen LogP contribution in [0.15, 0.2) is 10.6 Å². The average Bonchev–Trinajstić information content (AvgIpc) is 3.24. The highest BCUT2D eigenvalue weighted by atomic mass is 16.5. The molecular weight excluding hydrogens is 334 g/mol. The highest BCUT2D eigenvalue weighted by molar-refractivity contribution is 5.68. The zero-order valence-electron chi connectivity index (χ0n) is 13.5. The van der Waals surface area contributed by atoms with Gasteiger partial charge in [-0.3, -0.25) is 0 Å². The summed E-state index contributed by atoms with van der Waals surface area (Å²) in [6, 6.07) is 1.65. The number of hydrogen-bond donors (Lipinski definition) is 1. The van der Waals surface area contributed by atoms with E-state index in [1.165, 1.54) is 4.90 Å². The molecule has 1 aliphatic rings. The maximum Gasteiger partial charge on any atom is 0.407 e. The van der Waals surface area contributed by atoms with E-state index in [1.54, 1.807) is 13.0 Å². The summed E-state index contributed by atoms with van der Waals surface area (Å²) in [5.41, 5.74) is 0. The first-order valence-electron chi connectivity index (χ1n) is 7.70. The molecule has 1 saturated heterocycles. The molecular formula is C13H17N7O5. The van der Waals surface area contributed by atoms with Crippen molar-refractivity contribution in [2.24, 2.45) is 0 Å². The summed E-state index contributed by atoms with van der Waals surface area (Å²) < 4.78 is 10.0. The van der Waals surface area contributed by atoms with Crippen LogP contribution in [0.4, 0.5) is 10.6 Å². The molecule has 134 valence electrons. The molecule has 1 N–H and O–H groups in total. The molecule has 0 spiro atoms. The summed E-state index contributed by atoms with van der Waals surface area (Å²) in [4.78, 5) is 26.7. The van der Waals surface area contributed by atoms with Gasteiger partial charge in [0.15, 0.2) is 12.4 Å². The Hall–Kier alpha value is -3.18. The molecule has 1 fully saturated rings. The van der Waals surface area contributed by atoms with Crippen LogP contribution in [0.2, 0.25) is 0 Å². The molecule has 12 heteroatoms. The fourth-order valence-electron chi connectivity index (χ4n) is 2.38. The molecule has 25 heavy (non-hydrogen) atoms. The second kappa shape index (κ2) is 7.15. The predicted molar refractivity (Wildman–Crippen MR) is 81.8 cm³/mol. The van der Waals surface area contributed by atoms with E-state index in [4.69, 9.17) is 14.4 Å². The second-order valence-electron chi connectivity index (χ2n) is 5.25. The van der Waals surface area contributed by atoms with E-state index in [9.17, 15) is 9.59 Å². The number of nitrogens with zero attached hydrogens (tertiary/aromatic N) is 7. The van der Waals surface area contributed by atoms with Gasteiger partial charge in [-0.25, -0.2) is 9.59 Å². The van der Waals surface area contributed by atoms with E-state index in [-0.39, 0.29) is 19.0 Å². The Morgan fingerprint density at radius 1 is 1.32 bits per heavy atom. The molecule has 0 unspecified atom stereocenters. The van der Waals surface area contributed by atoms with E-state index in [1.807, 2.05) is 4.90 Å². The van der Waals surface area contributed by atoms with Crippen LogP contribution in [0.5, 0.6) is 0 Å². The van der Waals surface area contributed by atoms with Gasteiger partial charge in [-0.2, -0.15) is 4.80 Å². The molecule has 0 radical (unpaired) electrons. The van der Waals surface area contributed by atoms with E-state index < -0.39 is 12.1 Å². The number of piperazine rings is 1. The fraction of sp³-hybridized carbons (Fsp3) is 0.538. The third-order valence-corrected chi connectivity index (χ3v) is 3.62. The molecule has 1 amide bonds. The van der Waals surface area contributed by atoms with Crippen molar-refractivity contribution < 1.29 is 24.0 Å². The maximum atomic E-state index is 11.4. The molecule has 1 aliphatic heterocycles. The minimum Gasteiger partial charge on any atom is -0.465 e. The number of amides is 1. The Balaban J connectivity index is 1.63. The van der Waals surface area contributed by atoms with Gasteiger partial charge in [-0.15, -0.1) is 10.2 Å². The van der Waals surface area contributed by atoms with Crippen LogP contribution in [-0.2, 0) is 16.1 Å². The lowest BCUT2D eigenvalue weighted by Gasteiger charge is -2.32. The van der Waals surface area contributed by atoms with Gasteiger partial charge in [-0.05, 0) is 12.1 Å². The Morgan fingerprint density at radius 3 is 2.76 bits per heavy atom. The second-order valence-corrected chi connectivity index (χ2v) is 5.25. The number of aromatic nitrogens is 5. The summed E-state index contributed by atoms with van der Waals surface area (Å²) in [5, 5.41) is 24.6. The number of carbonyl (C=O) groups is 2. The molecule has 0 bridgehead atoms. The van der Waals surface area contributed by atoms with Gasteiger partial charge in [0.25, 0.3) is 0 Å². The van der Waals surface area contributed by atoms with Gasteiger partial charge < -0.3 is 24.2 Å². The van der Waals surface area contributed by atoms with Crippen molar-refractivity contribution in [3.05, 3.63) is 6.07 Å². The number of anilines is 1. The van der Waals surface area contributed by atoms with Gasteiger partial charge in [0.2, 0.25) is 11.6 Å². The number of rotatable bonds is 5. The largest absolute Gasteiger partial charge is 0.465 e. The topological polar surface area (TPSA) is 140 Å². The highest BCUT2D eigenvalue weighted by Crippen LogP contribution is 2.22. The first kappa shape index (κ1) is 16.7. The van der Waals surface area contributed by atoms with Crippen molar-refractivity contribution >= 4 is 17.9 Å². The molecule has 0 aliphatic carbocycles. The zero-order valence-corrected chi connectivity index (χ0v) is 13.5. The molecule has 2 aromatic heterocycles. The standard InChI is InChI=1S/C13H17N7O5/c1-2-24-11(21)8-20-15-12(14-17-20)9-7-10(16-25-9)18-3-5-19(6-4-18)13(22)23/h7H,2-6,8H2,1H3,(H,22,23). The average molecular weight is 351 g/mol. The lowest BCUT2D eigenvalue weighted by molar-refractivity contribution is -0.144. The van der Waals surface area contributed by atoms with Crippen molar-refractivity contribution in [2.75, 3.05) is 37.7 Å². The van der Waals surface area contributed by atoms with Crippen LogP contribution in [-0.4, -0.2) is 80.2 Å². The maximum absolute atomic E-state index is 11.4. The van der Waals surface area contributed by atoms with E-state index in [0.717, 1.165) is 4.80 Å². The molecule has 2 aromatic rings. The van der Waals surface area contributed by atoms with Crippen LogP contribution in [0, 0.1) is 0 Å². The third kappa shape index (κ3) is 3.84. The normalized spacial score (nSPS) is 14.6. The van der Waals surface area contributed by atoms with Crippen molar-refractivity contribution in [1.29, 1.82) is 0 Å². The van der Waals surface area contributed by atoms with Gasteiger partial charge >= 0.3 is 12.1 Å². The van der Waals surface area contributed by atoms with Crippen molar-refractivity contribution in [3.8, 4) is 11.6 Å². The van der Waals surface area contributed by atoms with Crippen molar-refractivity contribution in [1.82, 2.24) is 30.3 Å². The lowest BCUT2D eigenvalue weighted by Crippen LogP contribution is -2.48. The molecule has 0 saturated carbocycles. The minimum absolute atomic E-state index is 0.140. The van der Waals surface area contributed by atoms with Gasteiger partial charge in [0.05, 0.1) is 6.61 Å². The van der Waals surface area contributed by atoms with Crippen LogP contribution in [0.25, 0.3) is 11.6 Å². The number of tetrazole rings is 1. The number of carboxylic acid groups (broad SMARTS) is 1. The van der Waals surface area contributed by atoms with Crippen LogP contribution >= 0.6 is 0 Å².